The molecule has 1 aromatic rings. The molecule has 21 heavy (non-hydrogen) atoms. The lowest BCUT2D eigenvalue weighted by Gasteiger charge is -2.19. The minimum Gasteiger partial charge on any atom is -0.506 e. The van der Waals surface area contributed by atoms with E-state index in [0.29, 0.717) is 5.75 Å². The number of carbonyl (C=O) groups is 1. The van der Waals surface area contributed by atoms with E-state index in [1.807, 2.05) is 0 Å². The molecule has 1 N–H and O–H groups in total. The van der Waals surface area contributed by atoms with Crippen molar-refractivity contribution in [1.29, 1.82) is 0 Å². The maximum atomic E-state index is 11.6. The Hall–Kier alpha value is -1.42. The third kappa shape index (κ3) is 5.12. The van der Waals surface area contributed by atoms with E-state index in [1.54, 1.807) is 6.07 Å². The molecule has 0 saturated heterocycles. The van der Waals surface area contributed by atoms with Gasteiger partial charge in [0.2, 0.25) is 0 Å². The lowest BCUT2D eigenvalue weighted by Crippen LogP contribution is -2.10. The zero-order valence-electron chi connectivity index (χ0n) is 12.8. The summed E-state index contributed by atoms with van der Waals surface area (Å²) in [5.41, 5.74) is 0.835. The lowest BCUT2D eigenvalue weighted by molar-refractivity contribution is -0.141. The molecule has 0 saturated carbocycles. The van der Waals surface area contributed by atoms with Crippen LogP contribution in [0.3, 0.4) is 0 Å². The van der Waals surface area contributed by atoms with Gasteiger partial charge in [-0.2, -0.15) is 0 Å². The molecule has 1 aromatic carbocycles. The normalized spacial score (nSPS) is 12.0. The van der Waals surface area contributed by atoms with Crippen molar-refractivity contribution in [1.82, 2.24) is 0 Å². The minimum absolute atomic E-state index is 0.0253. The van der Waals surface area contributed by atoms with Gasteiger partial charge in [0.15, 0.2) is 0 Å². The van der Waals surface area contributed by atoms with Crippen molar-refractivity contribution in [3.8, 4) is 11.5 Å². The molecule has 0 aliphatic rings. The fourth-order valence-electron chi connectivity index (χ4n) is 2.35. The van der Waals surface area contributed by atoms with Crippen LogP contribution in [0.1, 0.15) is 50.5 Å². The highest BCUT2D eigenvalue weighted by Crippen LogP contribution is 2.39. The number of phenols is 1. The summed E-state index contributed by atoms with van der Waals surface area (Å²) < 4.78 is 10.1. The summed E-state index contributed by atoms with van der Waals surface area (Å²) in [6, 6.07) is 3.16. The molecule has 0 radical (unpaired) electrons. The van der Waals surface area contributed by atoms with Gasteiger partial charge in [0.25, 0.3) is 0 Å². The van der Waals surface area contributed by atoms with Crippen molar-refractivity contribution in [2.75, 3.05) is 14.2 Å². The van der Waals surface area contributed by atoms with E-state index in [-0.39, 0.29) is 29.1 Å². The molecule has 0 fully saturated rings. The van der Waals surface area contributed by atoms with E-state index < -0.39 is 0 Å². The first kappa shape index (κ1) is 17.6. The van der Waals surface area contributed by atoms with Gasteiger partial charge in [-0.25, -0.2) is 0 Å². The Morgan fingerprint density at radius 3 is 2.62 bits per heavy atom. The second-order valence-corrected chi connectivity index (χ2v) is 5.43. The SMILES string of the molecule is CCCCCC(CC(=O)OC)c1cc(Cl)c(O)cc1OC. The molecular weight excluding hydrogens is 292 g/mol. The van der Waals surface area contributed by atoms with Crippen molar-refractivity contribution >= 4 is 17.6 Å². The Morgan fingerprint density at radius 2 is 2.05 bits per heavy atom. The first-order valence-electron chi connectivity index (χ1n) is 7.16. The number of aromatic hydroxyl groups is 1. The molecule has 0 aliphatic carbocycles. The van der Waals surface area contributed by atoms with Crippen LogP contribution in [0.15, 0.2) is 12.1 Å². The first-order chi connectivity index (χ1) is 10.0. The standard InChI is InChI=1S/C16H23ClO4/c1-4-5-6-7-11(8-16(19)21-3)12-9-13(17)14(18)10-15(12)20-2/h9-11,18H,4-8H2,1-3H3. The van der Waals surface area contributed by atoms with Crippen molar-refractivity contribution in [2.24, 2.45) is 0 Å². The Morgan fingerprint density at radius 1 is 1.33 bits per heavy atom. The van der Waals surface area contributed by atoms with Gasteiger partial charge in [0.05, 0.1) is 25.7 Å². The summed E-state index contributed by atoms with van der Waals surface area (Å²) in [4.78, 5) is 11.6. The summed E-state index contributed by atoms with van der Waals surface area (Å²) >= 11 is 6.00. The molecule has 0 amide bonds. The number of benzene rings is 1. The topological polar surface area (TPSA) is 55.8 Å². The largest absolute Gasteiger partial charge is 0.506 e. The third-order valence-electron chi connectivity index (χ3n) is 3.54. The molecule has 5 heteroatoms. The van der Waals surface area contributed by atoms with Crippen LogP contribution in [0.2, 0.25) is 5.02 Å². The van der Waals surface area contributed by atoms with Crippen LogP contribution in [0, 0.1) is 0 Å². The third-order valence-corrected chi connectivity index (χ3v) is 3.84. The van der Waals surface area contributed by atoms with E-state index in [0.717, 1.165) is 31.2 Å². The van der Waals surface area contributed by atoms with Crippen LogP contribution < -0.4 is 4.74 Å². The number of hydrogen-bond donors (Lipinski definition) is 1. The van der Waals surface area contributed by atoms with E-state index in [4.69, 9.17) is 21.1 Å². The molecule has 1 atom stereocenters. The number of methoxy groups -OCH3 is 2. The van der Waals surface area contributed by atoms with Crippen molar-refractivity contribution < 1.29 is 19.4 Å². The molecule has 4 nitrogen and oxygen atoms in total. The van der Waals surface area contributed by atoms with Crippen LogP contribution in [0.25, 0.3) is 0 Å². The molecule has 0 aromatic heterocycles. The fourth-order valence-corrected chi connectivity index (χ4v) is 2.52. The van der Waals surface area contributed by atoms with Crippen molar-refractivity contribution in [2.45, 2.75) is 44.9 Å². The highest BCUT2D eigenvalue weighted by molar-refractivity contribution is 6.32. The van der Waals surface area contributed by atoms with Gasteiger partial charge < -0.3 is 14.6 Å². The number of hydrogen-bond acceptors (Lipinski definition) is 4. The lowest BCUT2D eigenvalue weighted by atomic mass is 9.89. The van der Waals surface area contributed by atoms with Gasteiger partial charge in [-0.15, -0.1) is 0 Å². The van der Waals surface area contributed by atoms with E-state index >= 15 is 0 Å². The summed E-state index contributed by atoms with van der Waals surface area (Å²) in [5, 5.41) is 9.94. The number of rotatable bonds is 8. The van der Waals surface area contributed by atoms with Gasteiger partial charge in [0, 0.05) is 6.07 Å². The minimum atomic E-state index is -0.261. The summed E-state index contributed by atoms with van der Waals surface area (Å²) in [6.45, 7) is 2.13. The van der Waals surface area contributed by atoms with Crippen LogP contribution in [-0.2, 0) is 9.53 Å². The molecule has 0 bridgehead atoms. The number of carbonyl (C=O) groups excluding carboxylic acids is 1. The summed E-state index contributed by atoms with van der Waals surface area (Å²) in [7, 11) is 2.92. The Kier molecular flexibility index (Phi) is 7.37. The van der Waals surface area contributed by atoms with Gasteiger partial charge in [0.1, 0.15) is 11.5 Å². The van der Waals surface area contributed by atoms with E-state index in [2.05, 4.69) is 6.92 Å². The molecule has 1 rings (SSSR count). The maximum Gasteiger partial charge on any atom is 0.306 e. The molecule has 0 aliphatic heterocycles. The quantitative estimate of drug-likeness (QED) is 0.574. The second kappa shape index (κ2) is 8.78. The number of ether oxygens (including phenoxy) is 2. The Labute approximate surface area is 131 Å². The molecule has 118 valence electrons. The van der Waals surface area contributed by atoms with Crippen molar-refractivity contribution in [3.63, 3.8) is 0 Å². The average Bonchev–Trinajstić information content (AvgIpc) is 2.48. The maximum absolute atomic E-state index is 11.6. The molecule has 0 spiro atoms. The fraction of sp³-hybridized carbons (Fsp3) is 0.562. The van der Waals surface area contributed by atoms with Crippen molar-refractivity contribution in [3.05, 3.63) is 22.7 Å². The van der Waals surface area contributed by atoms with Crippen LogP contribution in [0.4, 0.5) is 0 Å². The van der Waals surface area contributed by atoms with Crippen LogP contribution in [-0.4, -0.2) is 25.3 Å². The van der Waals surface area contributed by atoms with E-state index in [1.165, 1.54) is 20.3 Å². The number of esters is 1. The monoisotopic (exact) mass is 314 g/mol. The molecule has 1 unspecified atom stereocenters. The Bertz CT molecular complexity index is 474. The van der Waals surface area contributed by atoms with Gasteiger partial charge in [-0.05, 0) is 24.0 Å². The first-order valence-corrected chi connectivity index (χ1v) is 7.54. The average molecular weight is 315 g/mol. The molecule has 0 heterocycles. The van der Waals surface area contributed by atoms with Gasteiger partial charge in [-0.1, -0.05) is 37.8 Å². The number of unbranched alkanes of at least 4 members (excludes halogenated alkanes) is 2. The highest BCUT2D eigenvalue weighted by Gasteiger charge is 2.21. The highest BCUT2D eigenvalue weighted by atomic mass is 35.5. The Balaban J connectivity index is 3.05. The van der Waals surface area contributed by atoms with Gasteiger partial charge in [-0.3, -0.25) is 4.79 Å². The zero-order chi connectivity index (χ0) is 15.8. The zero-order valence-corrected chi connectivity index (χ0v) is 13.6. The van der Waals surface area contributed by atoms with E-state index in [9.17, 15) is 9.90 Å². The van der Waals surface area contributed by atoms with Crippen LogP contribution >= 0.6 is 11.6 Å². The smallest absolute Gasteiger partial charge is 0.306 e. The number of halogens is 1. The number of phenolic OH excluding ortho intramolecular Hbond substituents is 1. The predicted molar refractivity (Wildman–Crippen MR) is 83.2 cm³/mol. The molecular formula is C16H23ClO4. The van der Waals surface area contributed by atoms with Crippen LogP contribution in [0.5, 0.6) is 11.5 Å². The second-order valence-electron chi connectivity index (χ2n) is 5.02. The predicted octanol–water partition coefficient (Wildman–Crippen LogP) is 4.28. The van der Waals surface area contributed by atoms with Gasteiger partial charge >= 0.3 is 5.97 Å². The summed E-state index contributed by atoms with van der Waals surface area (Å²) in [5.74, 6) is 0.227. The summed E-state index contributed by atoms with van der Waals surface area (Å²) in [6.07, 6.45) is 4.35.